The summed E-state index contributed by atoms with van der Waals surface area (Å²) >= 11 is 1.37. The van der Waals surface area contributed by atoms with Gasteiger partial charge < -0.3 is 15.2 Å². The molecule has 5 nitrogen and oxygen atoms in total. The second-order valence-electron chi connectivity index (χ2n) is 5.78. The Kier molecular flexibility index (Phi) is 4.09. The van der Waals surface area contributed by atoms with Crippen LogP contribution in [-0.2, 0) is 11.4 Å². The zero-order chi connectivity index (χ0) is 16.6. The first-order valence-electron chi connectivity index (χ1n) is 7.36. The lowest BCUT2D eigenvalue weighted by molar-refractivity contribution is -0.140. The van der Waals surface area contributed by atoms with Crippen molar-refractivity contribution in [2.24, 2.45) is 5.92 Å². The minimum atomic E-state index is -1.02. The number of para-hydroxylation sites is 1. The number of nitrogens with one attached hydrogen (secondary N) is 1. The molecule has 2 heterocycles. The number of carboxylic acids is 1. The lowest BCUT2D eigenvalue weighted by Gasteiger charge is -2.17. The fourth-order valence-corrected chi connectivity index (χ4v) is 3.64. The van der Waals surface area contributed by atoms with E-state index in [0.29, 0.717) is 11.5 Å². The molecule has 1 amide bonds. The molecule has 1 aliphatic rings. The molecule has 0 aliphatic carbocycles. The van der Waals surface area contributed by atoms with Crippen molar-refractivity contribution < 1.29 is 19.4 Å². The topological polar surface area (TPSA) is 75.6 Å². The van der Waals surface area contributed by atoms with Crippen molar-refractivity contribution in [1.82, 2.24) is 5.32 Å². The standard InChI is InChI=1S/C17H17NO4S/c1-9(2)14(17(20)21)18-16(19)13-7-10-8-22-12-6-4-3-5-11(12)15(10)23-13/h3-7,9,14H,8H2,1-2H3,(H,18,19)(H,20,21)/t14-/m0/s1. The molecular weight excluding hydrogens is 314 g/mol. The van der Waals surface area contributed by atoms with Crippen LogP contribution in [0.4, 0.5) is 0 Å². The molecule has 0 fully saturated rings. The Morgan fingerprint density at radius 2 is 2.04 bits per heavy atom. The van der Waals surface area contributed by atoms with E-state index in [0.717, 1.165) is 21.8 Å². The number of rotatable bonds is 4. The molecule has 1 aliphatic heterocycles. The summed E-state index contributed by atoms with van der Waals surface area (Å²) in [4.78, 5) is 25.1. The summed E-state index contributed by atoms with van der Waals surface area (Å²) < 4.78 is 5.68. The maximum atomic E-state index is 12.4. The highest BCUT2D eigenvalue weighted by atomic mass is 32.1. The van der Waals surface area contributed by atoms with Crippen molar-refractivity contribution in [1.29, 1.82) is 0 Å². The zero-order valence-electron chi connectivity index (χ0n) is 12.8. The van der Waals surface area contributed by atoms with E-state index in [-0.39, 0.29) is 11.8 Å². The van der Waals surface area contributed by atoms with Gasteiger partial charge in [0.2, 0.25) is 0 Å². The Morgan fingerprint density at radius 3 is 2.74 bits per heavy atom. The van der Waals surface area contributed by atoms with Gasteiger partial charge in [0.25, 0.3) is 5.91 Å². The minimum Gasteiger partial charge on any atom is -0.488 e. The number of carbonyl (C=O) groups is 2. The summed E-state index contributed by atoms with van der Waals surface area (Å²) in [5.41, 5.74) is 1.92. The van der Waals surface area contributed by atoms with E-state index in [2.05, 4.69) is 5.32 Å². The van der Waals surface area contributed by atoms with E-state index < -0.39 is 12.0 Å². The maximum absolute atomic E-state index is 12.4. The van der Waals surface area contributed by atoms with Gasteiger partial charge in [0.1, 0.15) is 18.4 Å². The fourth-order valence-electron chi connectivity index (χ4n) is 2.54. The molecule has 0 saturated carbocycles. The zero-order valence-corrected chi connectivity index (χ0v) is 13.6. The molecular formula is C17H17NO4S. The Balaban J connectivity index is 1.88. The van der Waals surface area contributed by atoms with Gasteiger partial charge in [-0.3, -0.25) is 4.79 Å². The number of thiophene rings is 1. The van der Waals surface area contributed by atoms with Crippen LogP contribution in [-0.4, -0.2) is 23.0 Å². The van der Waals surface area contributed by atoms with E-state index in [1.165, 1.54) is 11.3 Å². The second kappa shape index (κ2) is 6.04. The van der Waals surface area contributed by atoms with Gasteiger partial charge in [0, 0.05) is 16.0 Å². The monoisotopic (exact) mass is 331 g/mol. The predicted molar refractivity (Wildman–Crippen MR) is 87.8 cm³/mol. The molecule has 2 N–H and O–H groups in total. The smallest absolute Gasteiger partial charge is 0.326 e. The predicted octanol–water partition coefficient (Wildman–Crippen LogP) is 3.15. The molecule has 3 rings (SSSR count). The molecule has 1 aromatic heterocycles. The Hall–Kier alpha value is -2.34. The van der Waals surface area contributed by atoms with E-state index >= 15 is 0 Å². The minimum absolute atomic E-state index is 0.185. The quantitative estimate of drug-likeness (QED) is 0.902. The lowest BCUT2D eigenvalue weighted by atomic mass is 10.0. The molecule has 2 aromatic rings. The normalized spacial score (nSPS) is 13.7. The molecule has 1 atom stereocenters. The molecule has 0 unspecified atom stereocenters. The summed E-state index contributed by atoms with van der Waals surface area (Å²) in [5, 5.41) is 11.8. The van der Waals surface area contributed by atoms with Gasteiger partial charge in [0.05, 0.1) is 4.88 Å². The van der Waals surface area contributed by atoms with Crippen LogP contribution in [0.5, 0.6) is 5.75 Å². The first-order valence-corrected chi connectivity index (χ1v) is 8.17. The SMILES string of the molecule is CC(C)[C@H](NC(=O)c1cc2c(s1)-c1ccccc1OC2)C(=O)O. The molecule has 120 valence electrons. The van der Waals surface area contributed by atoms with Crippen LogP contribution < -0.4 is 10.1 Å². The van der Waals surface area contributed by atoms with Crippen molar-refractivity contribution in [2.45, 2.75) is 26.5 Å². The van der Waals surface area contributed by atoms with E-state index in [1.54, 1.807) is 19.9 Å². The van der Waals surface area contributed by atoms with Crippen LogP contribution in [0.1, 0.15) is 29.1 Å². The Bertz CT molecular complexity index is 766. The number of hydrogen-bond donors (Lipinski definition) is 2. The van der Waals surface area contributed by atoms with Crippen LogP contribution in [0.3, 0.4) is 0 Å². The van der Waals surface area contributed by atoms with Crippen molar-refractivity contribution in [3.05, 3.63) is 40.8 Å². The van der Waals surface area contributed by atoms with E-state index in [4.69, 9.17) is 4.74 Å². The van der Waals surface area contributed by atoms with Crippen molar-refractivity contribution in [3.63, 3.8) is 0 Å². The first kappa shape index (κ1) is 15.6. The molecule has 1 aromatic carbocycles. The van der Waals surface area contributed by atoms with Gasteiger partial charge >= 0.3 is 5.97 Å². The van der Waals surface area contributed by atoms with Gasteiger partial charge in [0.15, 0.2) is 0 Å². The first-order chi connectivity index (χ1) is 11.0. The second-order valence-corrected chi connectivity index (χ2v) is 6.84. The molecule has 0 saturated heterocycles. The average Bonchev–Trinajstić information content (AvgIpc) is 2.96. The van der Waals surface area contributed by atoms with Crippen LogP contribution in [0.15, 0.2) is 30.3 Å². The lowest BCUT2D eigenvalue weighted by Crippen LogP contribution is -2.44. The molecule has 0 bridgehead atoms. The van der Waals surface area contributed by atoms with Gasteiger partial charge in [-0.05, 0) is 24.1 Å². The fraction of sp³-hybridized carbons (Fsp3) is 0.294. The van der Waals surface area contributed by atoms with Crippen molar-refractivity contribution in [3.8, 4) is 16.2 Å². The van der Waals surface area contributed by atoms with Gasteiger partial charge in [-0.25, -0.2) is 4.79 Å². The van der Waals surface area contributed by atoms with Crippen molar-refractivity contribution >= 4 is 23.2 Å². The summed E-state index contributed by atoms with van der Waals surface area (Å²) in [6.07, 6.45) is 0. The summed E-state index contributed by atoms with van der Waals surface area (Å²) in [6, 6.07) is 8.58. The molecule has 0 radical (unpaired) electrons. The van der Waals surface area contributed by atoms with Crippen LogP contribution in [0.25, 0.3) is 10.4 Å². The molecule has 0 spiro atoms. The van der Waals surface area contributed by atoms with Gasteiger partial charge in [-0.2, -0.15) is 0 Å². The number of ether oxygens (including phenoxy) is 1. The highest BCUT2D eigenvalue weighted by Crippen LogP contribution is 2.42. The van der Waals surface area contributed by atoms with Crippen LogP contribution in [0, 0.1) is 5.92 Å². The highest BCUT2D eigenvalue weighted by molar-refractivity contribution is 7.17. The average molecular weight is 331 g/mol. The number of aliphatic carboxylic acids is 1. The highest BCUT2D eigenvalue weighted by Gasteiger charge is 2.27. The summed E-state index contributed by atoms with van der Waals surface area (Å²) in [6.45, 7) is 3.95. The van der Waals surface area contributed by atoms with Gasteiger partial charge in [-0.1, -0.05) is 26.0 Å². The number of benzene rings is 1. The number of hydrogen-bond acceptors (Lipinski definition) is 4. The van der Waals surface area contributed by atoms with E-state index in [9.17, 15) is 14.7 Å². The third-order valence-corrected chi connectivity index (χ3v) is 4.98. The van der Waals surface area contributed by atoms with Crippen molar-refractivity contribution in [2.75, 3.05) is 0 Å². The number of carboxylic acid groups (broad SMARTS) is 1. The number of amides is 1. The van der Waals surface area contributed by atoms with Crippen LogP contribution in [0.2, 0.25) is 0 Å². The third-order valence-electron chi connectivity index (χ3n) is 3.77. The number of carbonyl (C=O) groups excluding carboxylic acids is 1. The molecule has 6 heteroatoms. The Morgan fingerprint density at radius 1 is 1.30 bits per heavy atom. The maximum Gasteiger partial charge on any atom is 0.326 e. The number of fused-ring (bicyclic) bond motifs is 3. The molecule has 23 heavy (non-hydrogen) atoms. The third kappa shape index (κ3) is 2.94. The van der Waals surface area contributed by atoms with Crippen LogP contribution >= 0.6 is 11.3 Å². The Labute approximate surface area is 137 Å². The summed E-state index contributed by atoms with van der Waals surface area (Å²) in [7, 11) is 0. The van der Waals surface area contributed by atoms with E-state index in [1.807, 2.05) is 24.3 Å². The van der Waals surface area contributed by atoms with Gasteiger partial charge in [-0.15, -0.1) is 11.3 Å². The summed E-state index contributed by atoms with van der Waals surface area (Å²) in [5.74, 6) is -0.763. The largest absolute Gasteiger partial charge is 0.488 e.